The quantitative estimate of drug-likeness (QED) is 0.181. The SMILES string of the molecule is [2H]c1c([2H])c([2H])c(-c2cc(-c3ccccc3)cc3c2sc2cc(-c4nc(-c5ccccc5)nc(-c5cccc6c5C(C)(C)c5ccccc5-6)n4)ccc23)c([2H])c1[2H]. The van der Waals surface area contributed by atoms with Crippen molar-refractivity contribution >= 4 is 31.5 Å². The van der Waals surface area contributed by atoms with Crippen LogP contribution >= 0.6 is 11.3 Å². The molecule has 0 amide bonds. The molecule has 0 saturated carbocycles. The Morgan fingerprint density at radius 1 is 0.481 bits per heavy atom. The monoisotopic (exact) mass is 688 g/mol. The van der Waals surface area contributed by atoms with Crippen LogP contribution in [0.25, 0.3) is 87.7 Å². The lowest BCUT2D eigenvalue weighted by Gasteiger charge is -2.24. The van der Waals surface area contributed by atoms with E-state index in [4.69, 9.17) is 21.8 Å². The van der Waals surface area contributed by atoms with Gasteiger partial charge in [0.15, 0.2) is 17.5 Å². The highest BCUT2D eigenvalue weighted by Gasteiger charge is 2.38. The summed E-state index contributed by atoms with van der Waals surface area (Å²) in [4.78, 5) is 15.4. The highest BCUT2D eigenvalue weighted by atomic mass is 32.1. The molecule has 0 saturated heterocycles. The van der Waals surface area contributed by atoms with Crippen LogP contribution in [0.3, 0.4) is 0 Å². The largest absolute Gasteiger partial charge is 0.208 e. The predicted octanol–water partition coefficient (Wildman–Crippen LogP) is 12.9. The summed E-state index contributed by atoms with van der Waals surface area (Å²) < 4.78 is 44.8. The van der Waals surface area contributed by atoms with Gasteiger partial charge in [-0.1, -0.05) is 159 Å². The molecule has 0 bridgehead atoms. The Bertz CT molecular complexity index is 3080. The summed E-state index contributed by atoms with van der Waals surface area (Å²) in [5.74, 6) is 1.72. The molecule has 1 aliphatic carbocycles. The Kier molecular flexibility index (Phi) is 5.89. The highest BCUT2D eigenvalue weighted by Crippen LogP contribution is 2.52. The minimum absolute atomic E-state index is 0.186. The van der Waals surface area contributed by atoms with Gasteiger partial charge in [-0.2, -0.15) is 0 Å². The zero-order valence-electron chi connectivity index (χ0n) is 33.5. The fraction of sp³-hybridized carbons (Fsp3) is 0.0625. The summed E-state index contributed by atoms with van der Waals surface area (Å²) in [5, 5.41) is 1.93. The lowest BCUT2D eigenvalue weighted by Crippen LogP contribution is -2.17. The number of benzene rings is 7. The molecule has 0 atom stereocenters. The molecule has 9 aromatic rings. The van der Waals surface area contributed by atoms with Gasteiger partial charge >= 0.3 is 0 Å². The summed E-state index contributed by atoms with van der Waals surface area (Å²) in [7, 11) is 0. The Labute approximate surface area is 314 Å². The van der Waals surface area contributed by atoms with Gasteiger partial charge < -0.3 is 0 Å². The number of aromatic nitrogens is 3. The average Bonchev–Trinajstić information content (AvgIpc) is 3.74. The van der Waals surface area contributed by atoms with Crippen LogP contribution in [0.1, 0.15) is 31.8 Å². The Morgan fingerprint density at radius 2 is 1.13 bits per heavy atom. The van der Waals surface area contributed by atoms with Crippen LogP contribution in [0.5, 0.6) is 0 Å². The second-order valence-electron chi connectivity index (χ2n) is 13.7. The molecule has 4 heteroatoms. The van der Waals surface area contributed by atoms with Crippen LogP contribution in [-0.4, -0.2) is 15.0 Å². The first-order chi connectivity index (χ1) is 27.6. The van der Waals surface area contributed by atoms with E-state index in [9.17, 15) is 0 Å². The molecule has 10 rings (SSSR count). The number of thiophene rings is 1. The van der Waals surface area contributed by atoms with Crippen molar-refractivity contribution < 1.29 is 6.85 Å². The number of rotatable bonds is 5. The van der Waals surface area contributed by atoms with Gasteiger partial charge in [-0.25, -0.2) is 15.0 Å². The number of hydrogen-bond acceptors (Lipinski definition) is 4. The fourth-order valence-electron chi connectivity index (χ4n) is 7.76. The first-order valence-electron chi connectivity index (χ1n) is 19.8. The van der Waals surface area contributed by atoms with E-state index in [1.807, 2.05) is 72.8 Å². The first kappa shape index (κ1) is 25.7. The summed E-state index contributed by atoms with van der Waals surface area (Å²) in [6.07, 6.45) is 0. The van der Waals surface area contributed by atoms with Gasteiger partial charge in [0.1, 0.15) is 0 Å². The second-order valence-corrected chi connectivity index (χ2v) is 14.7. The van der Waals surface area contributed by atoms with E-state index in [-0.39, 0.29) is 35.1 Å². The minimum atomic E-state index is -0.412. The Morgan fingerprint density at radius 3 is 1.92 bits per heavy atom. The molecule has 2 aromatic heterocycles. The summed E-state index contributed by atoms with van der Waals surface area (Å²) >= 11 is 1.53. The van der Waals surface area contributed by atoms with Gasteiger partial charge in [0.25, 0.3) is 0 Å². The van der Waals surface area contributed by atoms with Crippen LogP contribution in [0.15, 0.2) is 164 Å². The molecule has 246 valence electrons. The van der Waals surface area contributed by atoms with Crippen molar-refractivity contribution in [2.24, 2.45) is 0 Å². The van der Waals surface area contributed by atoms with Crippen molar-refractivity contribution in [3.8, 4) is 67.5 Å². The van der Waals surface area contributed by atoms with Crippen LogP contribution in [-0.2, 0) is 5.41 Å². The van der Waals surface area contributed by atoms with E-state index in [0.717, 1.165) is 48.0 Å². The fourth-order valence-corrected chi connectivity index (χ4v) is 9.00. The van der Waals surface area contributed by atoms with E-state index < -0.39 is 6.04 Å². The average molecular weight is 689 g/mol. The molecule has 0 radical (unpaired) electrons. The molecule has 0 spiro atoms. The van der Waals surface area contributed by atoms with Crippen LogP contribution in [0, 0.1) is 0 Å². The van der Waals surface area contributed by atoms with E-state index in [1.165, 1.54) is 33.6 Å². The topological polar surface area (TPSA) is 38.7 Å². The van der Waals surface area contributed by atoms with Crippen molar-refractivity contribution in [2.75, 3.05) is 0 Å². The Hall–Kier alpha value is -6.23. The van der Waals surface area contributed by atoms with Crippen molar-refractivity contribution in [2.45, 2.75) is 19.3 Å². The van der Waals surface area contributed by atoms with Crippen molar-refractivity contribution in [1.82, 2.24) is 15.0 Å². The van der Waals surface area contributed by atoms with Crippen LogP contribution < -0.4 is 0 Å². The summed E-state index contributed by atoms with van der Waals surface area (Å²) in [5.41, 5.74) is 9.93. The third kappa shape index (κ3) is 4.90. The van der Waals surface area contributed by atoms with E-state index in [0.29, 0.717) is 23.0 Å². The number of fused-ring (bicyclic) bond motifs is 6. The maximum absolute atomic E-state index is 8.90. The van der Waals surface area contributed by atoms with E-state index >= 15 is 0 Å². The number of hydrogen-bond donors (Lipinski definition) is 0. The molecule has 0 fully saturated rings. The lowest BCUT2D eigenvalue weighted by atomic mass is 9.80. The zero-order chi connectivity index (χ0) is 39.2. The molecule has 1 aliphatic rings. The van der Waals surface area contributed by atoms with Gasteiger partial charge in [-0.15, -0.1) is 11.3 Å². The van der Waals surface area contributed by atoms with Gasteiger partial charge in [0, 0.05) is 47.8 Å². The molecule has 0 aliphatic heterocycles. The third-order valence-electron chi connectivity index (χ3n) is 10.2. The molecular formula is C48H33N3S. The predicted molar refractivity (Wildman–Crippen MR) is 217 cm³/mol. The zero-order valence-corrected chi connectivity index (χ0v) is 29.3. The molecule has 0 N–H and O–H groups in total. The van der Waals surface area contributed by atoms with Crippen molar-refractivity contribution in [3.63, 3.8) is 0 Å². The summed E-state index contributed by atoms with van der Waals surface area (Å²) in [6.45, 7) is 4.52. The minimum Gasteiger partial charge on any atom is -0.208 e. The molecule has 3 nitrogen and oxygen atoms in total. The second kappa shape index (κ2) is 11.9. The van der Waals surface area contributed by atoms with Gasteiger partial charge in [-0.3, -0.25) is 0 Å². The van der Waals surface area contributed by atoms with Crippen LogP contribution in [0.4, 0.5) is 0 Å². The summed E-state index contributed by atoms with van der Waals surface area (Å²) in [6, 6.07) is 43.6. The van der Waals surface area contributed by atoms with Gasteiger partial charge in [-0.05, 0) is 57.1 Å². The molecular weight excluding hydrogens is 651 g/mol. The molecule has 0 unspecified atom stereocenters. The van der Waals surface area contributed by atoms with Crippen molar-refractivity contribution in [3.05, 3.63) is 175 Å². The standard InChI is InChI=1S/C48H33N3S/c1-48(2)41-24-13-12-21-35(41)37-22-14-23-38(43(37)48)47-50-45(32-19-10-5-11-20-32)49-46(51-47)33-25-26-36-40-28-34(30-15-6-3-7-16-30)27-39(31-17-8-4-9-18-31)44(40)52-42(36)29-33/h3-29H,1-2H3/i4D,8D,9D,17D,18D. The first-order valence-corrected chi connectivity index (χ1v) is 18.1. The van der Waals surface area contributed by atoms with Gasteiger partial charge in [0.2, 0.25) is 0 Å². The normalized spacial score (nSPS) is 14.3. The van der Waals surface area contributed by atoms with E-state index in [2.05, 4.69) is 74.5 Å². The van der Waals surface area contributed by atoms with Crippen molar-refractivity contribution in [1.29, 1.82) is 0 Å². The van der Waals surface area contributed by atoms with E-state index in [1.54, 1.807) is 0 Å². The maximum atomic E-state index is 8.90. The third-order valence-corrected chi connectivity index (χ3v) is 11.4. The Balaban J connectivity index is 1.20. The van der Waals surface area contributed by atoms with Gasteiger partial charge in [0.05, 0.1) is 6.85 Å². The molecule has 2 heterocycles. The number of nitrogens with zero attached hydrogens (tertiary/aromatic N) is 3. The highest BCUT2D eigenvalue weighted by molar-refractivity contribution is 7.26. The molecule has 7 aromatic carbocycles. The lowest BCUT2D eigenvalue weighted by molar-refractivity contribution is 0.661. The molecule has 52 heavy (non-hydrogen) atoms. The smallest absolute Gasteiger partial charge is 0.164 e. The maximum Gasteiger partial charge on any atom is 0.164 e. The van der Waals surface area contributed by atoms with Crippen LogP contribution in [0.2, 0.25) is 0 Å².